The van der Waals surface area contributed by atoms with Crippen molar-refractivity contribution in [2.45, 2.75) is 20.8 Å². The third-order valence-corrected chi connectivity index (χ3v) is 6.42. The van der Waals surface area contributed by atoms with Gasteiger partial charge in [0.05, 0.1) is 4.88 Å². The number of benzene rings is 1. The maximum atomic E-state index is 12.4. The van der Waals surface area contributed by atoms with Gasteiger partial charge < -0.3 is 30.3 Å². The van der Waals surface area contributed by atoms with Gasteiger partial charge in [0.1, 0.15) is 22.8 Å². The third-order valence-electron chi connectivity index (χ3n) is 5.39. The minimum atomic E-state index is -0.174. The Hall–Kier alpha value is -3.44. The second kappa shape index (κ2) is 10.7. The van der Waals surface area contributed by atoms with E-state index in [4.69, 9.17) is 20.0 Å². The minimum absolute atomic E-state index is 0.0865. The van der Waals surface area contributed by atoms with Gasteiger partial charge in [-0.15, -0.1) is 11.3 Å². The van der Waals surface area contributed by atoms with Gasteiger partial charge in [0.2, 0.25) is 12.7 Å². The molecule has 4 rings (SSSR count). The van der Waals surface area contributed by atoms with Gasteiger partial charge in [0.25, 0.3) is 5.91 Å². The van der Waals surface area contributed by atoms with Gasteiger partial charge in [-0.2, -0.15) is 0 Å². The standard InChI is InChI=1S/C23H28N6O4S/c1-4-25-21(30)18-12-15-20(26-23(24)27-22(15)34-18)19(28-33-10-9-29(5-2)6-3)14-7-8-16-17(11-14)32-13-31-16/h7-8,11-12H,4-6,9-10,13H2,1-3H3,(H,25,30)(H2,24,26,27)/b28-19+. The zero-order valence-electron chi connectivity index (χ0n) is 19.5. The fourth-order valence-corrected chi connectivity index (χ4v) is 4.53. The number of nitrogens with one attached hydrogen (secondary N) is 1. The van der Waals surface area contributed by atoms with Crippen molar-refractivity contribution in [3.63, 3.8) is 0 Å². The summed E-state index contributed by atoms with van der Waals surface area (Å²) in [5.74, 6) is 1.18. The number of fused-ring (bicyclic) bond motifs is 2. The number of carbonyl (C=O) groups excluding carboxylic acids is 1. The Balaban J connectivity index is 1.76. The Bertz CT molecular complexity index is 1210. The number of likely N-dealkylation sites (N-methyl/N-ethyl adjacent to an activating group) is 1. The Morgan fingerprint density at radius 1 is 1.21 bits per heavy atom. The van der Waals surface area contributed by atoms with Crippen molar-refractivity contribution >= 4 is 39.1 Å². The lowest BCUT2D eigenvalue weighted by Gasteiger charge is -2.16. The SMILES string of the molecule is CCNC(=O)c1cc2c(/C(=N/OCCN(CC)CC)c3ccc4c(c3)OCO4)nc(N)nc2s1. The number of anilines is 1. The first-order chi connectivity index (χ1) is 16.5. The molecule has 34 heavy (non-hydrogen) atoms. The first-order valence-electron chi connectivity index (χ1n) is 11.2. The number of hydrogen-bond donors (Lipinski definition) is 2. The molecule has 180 valence electrons. The van der Waals surface area contributed by atoms with E-state index in [0.29, 0.717) is 51.2 Å². The molecule has 2 aromatic heterocycles. The molecule has 0 fully saturated rings. The summed E-state index contributed by atoms with van der Waals surface area (Å²) in [7, 11) is 0. The van der Waals surface area contributed by atoms with Crippen LogP contribution >= 0.6 is 11.3 Å². The number of carbonyl (C=O) groups is 1. The Morgan fingerprint density at radius 3 is 2.76 bits per heavy atom. The van der Waals surface area contributed by atoms with E-state index in [1.807, 2.05) is 25.1 Å². The van der Waals surface area contributed by atoms with Crippen LogP contribution in [0.1, 0.15) is 41.7 Å². The number of hydrogen-bond acceptors (Lipinski definition) is 10. The second-order valence-corrected chi connectivity index (χ2v) is 8.52. The molecule has 1 amide bonds. The minimum Gasteiger partial charge on any atom is -0.454 e. The highest BCUT2D eigenvalue weighted by Gasteiger charge is 2.22. The molecule has 0 aliphatic carbocycles. The predicted octanol–water partition coefficient (Wildman–Crippen LogP) is 2.86. The molecule has 0 saturated heterocycles. The maximum absolute atomic E-state index is 12.4. The molecule has 0 saturated carbocycles. The van der Waals surface area contributed by atoms with Crippen LogP contribution in [0.25, 0.3) is 10.2 Å². The molecule has 0 spiro atoms. The van der Waals surface area contributed by atoms with Crippen LogP contribution in [0.4, 0.5) is 5.95 Å². The fraction of sp³-hybridized carbons (Fsp3) is 0.391. The molecule has 0 atom stereocenters. The van der Waals surface area contributed by atoms with Crippen LogP contribution in [0.3, 0.4) is 0 Å². The topological polar surface area (TPSA) is 124 Å². The van der Waals surface area contributed by atoms with Crippen molar-refractivity contribution in [3.8, 4) is 11.5 Å². The first-order valence-corrected chi connectivity index (χ1v) is 12.0. The number of nitrogen functional groups attached to an aromatic ring is 1. The van der Waals surface area contributed by atoms with E-state index < -0.39 is 0 Å². The summed E-state index contributed by atoms with van der Waals surface area (Å²) in [6.45, 7) is 9.78. The molecule has 1 aliphatic heterocycles. The van der Waals surface area contributed by atoms with Crippen LogP contribution in [-0.4, -0.2) is 66.1 Å². The van der Waals surface area contributed by atoms with Crippen molar-refractivity contribution in [2.75, 3.05) is 45.3 Å². The van der Waals surface area contributed by atoms with Crippen molar-refractivity contribution in [1.29, 1.82) is 0 Å². The predicted molar refractivity (Wildman–Crippen MR) is 132 cm³/mol. The van der Waals surface area contributed by atoms with Gasteiger partial charge in [-0.25, -0.2) is 9.97 Å². The third kappa shape index (κ3) is 5.05. The van der Waals surface area contributed by atoms with E-state index in [0.717, 1.165) is 25.2 Å². The van der Waals surface area contributed by atoms with Crippen LogP contribution < -0.4 is 20.5 Å². The fourth-order valence-electron chi connectivity index (χ4n) is 3.57. The highest BCUT2D eigenvalue weighted by atomic mass is 32.1. The average Bonchev–Trinajstić information content (AvgIpc) is 3.48. The summed E-state index contributed by atoms with van der Waals surface area (Å²) in [5.41, 5.74) is 7.71. The largest absolute Gasteiger partial charge is 0.454 e. The van der Waals surface area contributed by atoms with Crippen LogP contribution in [-0.2, 0) is 4.84 Å². The van der Waals surface area contributed by atoms with Gasteiger partial charge in [-0.05, 0) is 44.3 Å². The van der Waals surface area contributed by atoms with Crippen molar-refractivity contribution in [2.24, 2.45) is 5.16 Å². The zero-order chi connectivity index (χ0) is 24.1. The lowest BCUT2D eigenvalue weighted by molar-refractivity contribution is 0.0960. The molecule has 0 radical (unpaired) electrons. The maximum Gasteiger partial charge on any atom is 0.261 e. The summed E-state index contributed by atoms with van der Waals surface area (Å²) >= 11 is 1.25. The van der Waals surface area contributed by atoms with Crippen molar-refractivity contribution < 1.29 is 19.1 Å². The molecule has 1 aromatic carbocycles. The molecule has 3 aromatic rings. The van der Waals surface area contributed by atoms with E-state index in [1.54, 1.807) is 6.07 Å². The van der Waals surface area contributed by atoms with E-state index in [-0.39, 0.29) is 18.6 Å². The summed E-state index contributed by atoms with van der Waals surface area (Å²) in [6, 6.07) is 7.27. The number of rotatable bonds is 10. The van der Waals surface area contributed by atoms with E-state index in [9.17, 15) is 4.79 Å². The highest BCUT2D eigenvalue weighted by molar-refractivity contribution is 7.20. The van der Waals surface area contributed by atoms with Gasteiger partial charge in [0.15, 0.2) is 11.5 Å². The van der Waals surface area contributed by atoms with Crippen LogP contribution in [0, 0.1) is 0 Å². The summed E-state index contributed by atoms with van der Waals surface area (Å²) in [4.78, 5) is 30.4. The first kappa shape index (κ1) is 23.7. The van der Waals surface area contributed by atoms with Gasteiger partial charge in [-0.3, -0.25) is 4.79 Å². The number of oxime groups is 1. The van der Waals surface area contributed by atoms with Crippen molar-refractivity contribution in [3.05, 3.63) is 40.4 Å². The number of thiophene rings is 1. The summed E-state index contributed by atoms with van der Waals surface area (Å²) in [5, 5.41) is 7.95. The molecule has 1 aliphatic rings. The van der Waals surface area contributed by atoms with Crippen LogP contribution in [0.2, 0.25) is 0 Å². The molecule has 11 heteroatoms. The smallest absolute Gasteiger partial charge is 0.261 e. The molecule has 0 unspecified atom stereocenters. The Kier molecular flexibility index (Phi) is 7.43. The molecular weight excluding hydrogens is 456 g/mol. The van der Waals surface area contributed by atoms with E-state index >= 15 is 0 Å². The molecule has 0 bridgehead atoms. The number of amides is 1. The van der Waals surface area contributed by atoms with Crippen LogP contribution in [0.5, 0.6) is 11.5 Å². The Morgan fingerprint density at radius 2 is 2.00 bits per heavy atom. The van der Waals surface area contributed by atoms with E-state index in [2.05, 4.69) is 39.2 Å². The number of ether oxygens (including phenoxy) is 2. The normalized spacial score (nSPS) is 13.0. The quantitative estimate of drug-likeness (QED) is 0.256. The van der Waals surface area contributed by atoms with Gasteiger partial charge in [-0.1, -0.05) is 19.0 Å². The Labute approximate surface area is 201 Å². The molecule has 3 heterocycles. The monoisotopic (exact) mass is 484 g/mol. The summed E-state index contributed by atoms with van der Waals surface area (Å²) < 4.78 is 11.0. The summed E-state index contributed by atoms with van der Waals surface area (Å²) in [6.07, 6.45) is 0. The zero-order valence-corrected chi connectivity index (χ0v) is 20.3. The average molecular weight is 485 g/mol. The molecular formula is C23H28N6O4S. The van der Waals surface area contributed by atoms with Gasteiger partial charge in [0, 0.05) is 24.0 Å². The number of nitrogens with two attached hydrogens (primary N) is 1. The van der Waals surface area contributed by atoms with Crippen LogP contribution in [0.15, 0.2) is 29.4 Å². The molecule has 10 nitrogen and oxygen atoms in total. The second-order valence-electron chi connectivity index (χ2n) is 7.49. The highest BCUT2D eigenvalue weighted by Crippen LogP contribution is 2.34. The number of nitrogens with zero attached hydrogens (tertiary/aromatic N) is 4. The van der Waals surface area contributed by atoms with E-state index in [1.165, 1.54) is 11.3 Å². The number of aromatic nitrogens is 2. The lowest BCUT2D eigenvalue weighted by atomic mass is 10.0. The van der Waals surface area contributed by atoms with Crippen molar-refractivity contribution in [1.82, 2.24) is 20.2 Å². The van der Waals surface area contributed by atoms with Gasteiger partial charge >= 0.3 is 0 Å². The lowest BCUT2D eigenvalue weighted by Crippen LogP contribution is -2.26. The molecule has 3 N–H and O–H groups in total.